The number of hydrogen-bond donors (Lipinski definition) is 5. The molecule has 2 aliphatic heterocycles. The molecule has 52 heavy (non-hydrogen) atoms. The Hall–Kier alpha value is -4.90. The Labute approximate surface area is 302 Å². The molecule has 274 valence electrons. The molecule has 2 saturated heterocycles. The SMILES string of the molecule is COCCn1ncc(-c2ccc(-c3cnc(C(=O)Nc4ccc(C(=O)N[C@H]5[C@@H]6CN(C(=O)N[C@@H]7CNC[C@H]7O)C[C@@H]65)c(Cl)c4)n3C)c(F)c2F)c1C. The monoisotopic (exact) mass is 737 g/mol. The Kier molecular flexibility index (Phi) is 9.73. The number of β-amino-alcohol motifs (C(OH)–C–C–N with tert-alkyl or cyclic N) is 1. The molecule has 14 nitrogen and oxygen atoms in total. The maximum Gasteiger partial charge on any atom is 0.317 e. The summed E-state index contributed by atoms with van der Waals surface area (Å²) in [6, 6.07) is 6.73. The number of methoxy groups -OCH3 is 1. The molecule has 3 aliphatic rings. The standard InChI is InChI=1S/C35H38ClF2N9O5/c1-17-22(11-41-47(17)8-9-52-3)19-6-7-21(30(38)29(19)37)27-13-40-32(45(27)2)34(50)42-18-4-5-20(25(36)10-18)33(49)44-31-23-15-46(16-24(23)31)35(51)43-26-12-39-14-28(26)48/h4-7,10-11,13,23-24,26,28,31,39,48H,8-9,12,14-16H2,1-3H3,(H,42,50)(H,43,51)(H,44,49)/t23-,24+,26-,28-,31+/m1/s1. The fraction of sp³-hybridized carbons (Fsp3) is 0.400. The Morgan fingerprint density at radius 2 is 1.75 bits per heavy atom. The van der Waals surface area contributed by atoms with Crippen molar-refractivity contribution in [2.24, 2.45) is 18.9 Å². The molecule has 5 atom stereocenters. The first kappa shape index (κ1) is 35.5. The number of imidazole rings is 1. The molecule has 17 heteroatoms. The van der Waals surface area contributed by atoms with E-state index in [4.69, 9.17) is 16.3 Å². The third-order valence-electron chi connectivity index (χ3n) is 10.2. The van der Waals surface area contributed by atoms with E-state index < -0.39 is 23.6 Å². The number of anilines is 1. The van der Waals surface area contributed by atoms with E-state index in [0.29, 0.717) is 56.3 Å². The number of aliphatic hydroxyl groups excluding tert-OH is 1. The van der Waals surface area contributed by atoms with E-state index in [-0.39, 0.29) is 69.1 Å². The normalized spacial score (nSPS) is 22.0. The van der Waals surface area contributed by atoms with Crippen LogP contribution in [0.25, 0.3) is 22.4 Å². The minimum absolute atomic E-state index is 0.0577. The molecule has 2 aromatic carbocycles. The highest BCUT2D eigenvalue weighted by atomic mass is 35.5. The third-order valence-corrected chi connectivity index (χ3v) is 10.5. The third kappa shape index (κ3) is 6.62. The average Bonchev–Trinajstić information content (AvgIpc) is 3.65. The number of aliphatic hydroxyl groups is 1. The number of likely N-dealkylation sites (tertiary alicyclic amines) is 1. The maximum absolute atomic E-state index is 15.5. The lowest BCUT2D eigenvalue weighted by Gasteiger charge is -2.24. The molecule has 0 bridgehead atoms. The second-order valence-electron chi connectivity index (χ2n) is 13.3. The highest BCUT2D eigenvalue weighted by molar-refractivity contribution is 6.34. The molecular formula is C35H38ClF2N9O5. The van der Waals surface area contributed by atoms with Gasteiger partial charge in [0.15, 0.2) is 17.5 Å². The van der Waals surface area contributed by atoms with Crippen LogP contribution in [0.4, 0.5) is 19.3 Å². The van der Waals surface area contributed by atoms with Gasteiger partial charge in [0.1, 0.15) is 0 Å². The molecule has 1 saturated carbocycles. The van der Waals surface area contributed by atoms with Crippen LogP contribution in [0.5, 0.6) is 0 Å². The number of amides is 4. The van der Waals surface area contributed by atoms with Gasteiger partial charge in [-0.15, -0.1) is 0 Å². The number of hydrogen-bond acceptors (Lipinski definition) is 8. The zero-order valence-corrected chi connectivity index (χ0v) is 29.4. The van der Waals surface area contributed by atoms with Crippen LogP contribution in [-0.2, 0) is 18.3 Å². The lowest BCUT2D eigenvalue weighted by molar-refractivity contribution is 0.0943. The van der Waals surface area contributed by atoms with Gasteiger partial charge in [0, 0.05) is 86.3 Å². The van der Waals surface area contributed by atoms with Crippen LogP contribution in [0, 0.1) is 30.4 Å². The number of nitrogens with one attached hydrogen (secondary N) is 4. The number of ether oxygens (including phenoxy) is 1. The van der Waals surface area contributed by atoms with E-state index in [1.54, 1.807) is 23.6 Å². The number of piperidine rings is 1. The minimum atomic E-state index is -1.09. The number of aromatic nitrogens is 4. The summed E-state index contributed by atoms with van der Waals surface area (Å²) in [6.45, 7) is 4.61. The van der Waals surface area contributed by atoms with Gasteiger partial charge in [-0.1, -0.05) is 17.7 Å². The number of nitrogens with zero attached hydrogens (tertiary/aromatic N) is 5. The predicted octanol–water partition coefficient (Wildman–Crippen LogP) is 2.79. The minimum Gasteiger partial charge on any atom is -0.390 e. The molecule has 0 unspecified atom stereocenters. The Balaban J connectivity index is 0.961. The molecule has 4 aromatic rings. The van der Waals surface area contributed by atoms with Crippen LogP contribution < -0.4 is 21.3 Å². The van der Waals surface area contributed by atoms with Gasteiger partial charge in [-0.2, -0.15) is 5.10 Å². The van der Waals surface area contributed by atoms with E-state index in [1.807, 2.05) is 0 Å². The van der Waals surface area contributed by atoms with Gasteiger partial charge in [-0.3, -0.25) is 14.3 Å². The van der Waals surface area contributed by atoms with Crippen molar-refractivity contribution in [1.82, 2.24) is 40.2 Å². The van der Waals surface area contributed by atoms with E-state index in [2.05, 4.69) is 31.3 Å². The molecule has 1 aliphatic carbocycles. The highest BCUT2D eigenvalue weighted by Gasteiger charge is 2.57. The molecule has 0 spiro atoms. The van der Waals surface area contributed by atoms with Gasteiger partial charge >= 0.3 is 6.03 Å². The molecule has 7 rings (SSSR count). The first-order valence-corrected chi connectivity index (χ1v) is 17.2. The van der Waals surface area contributed by atoms with Crippen molar-refractivity contribution in [3.05, 3.63) is 76.5 Å². The van der Waals surface area contributed by atoms with E-state index >= 15 is 8.78 Å². The van der Waals surface area contributed by atoms with Crippen molar-refractivity contribution in [3.8, 4) is 22.4 Å². The maximum atomic E-state index is 15.5. The number of rotatable bonds is 10. The van der Waals surface area contributed by atoms with Gasteiger partial charge in [0.2, 0.25) is 0 Å². The molecule has 4 heterocycles. The van der Waals surface area contributed by atoms with Crippen LogP contribution in [-0.4, -0.2) is 105 Å². The lowest BCUT2D eigenvalue weighted by atomic mass is 10.0. The van der Waals surface area contributed by atoms with Crippen LogP contribution in [0.15, 0.2) is 42.7 Å². The quantitative estimate of drug-likeness (QED) is 0.166. The van der Waals surface area contributed by atoms with Crippen LogP contribution >= 0.6 is 11.6 Å². The topological polar surface area (TPSA) is 168 Å². The van der Waals surface area contributed by atoms with E-state index in [9.17, 15) is 19.5 Å². The average molecular weight is 738 g/mol. The van der Waals surface area contributed by atoms with E-state index in [1.165, 1.54) is 54.3 Å². The van der Waals surface area contributed by atoms with Crippen molar-refractivity contribution in [1.29, 1.82) is 0 Å². The lowest BCUT2D eigenvalue weighted by Crippen LogP contribution is -2.49. The first-order chi connectivity index (χ1) is 25.0. The van der Waals surface area contributed by atoms with Crippen molar-refractivity contribution < 1.29 is 33.0 Å². The number of carbonyl (C=O) groups is 3. The Bertz CT molecular complexity index is 2040. The Morgan fingerprint density at radius 1 is 1.02 bits per heavy atom. The van der Waals surface area contributed by atoms with Crippen molar-refractivity contribution >= 4 is 35.1 Å². The van der Waals surface area contributed by atoms with Gasteiger partial charge in [0.25, 0.3) is 11.8 Å². The fourth-order valence-electron chi connectivity index (χ4n) is 7.10. The van der Waals surface area contributed by atoms with Gasteiger partial charge in [-0.25, -0.2) is 18.6 Å². The summed E-state index contributed by atoms with van der Waals surface area (Å²) >= 11 is 6.47. The van der Waals surface area contributed by atoms with Crippen LogP contribution in [0.1, 0.15) is 26.7 Å². The summed E-state index contributed by atoms with van der Waals surface area (Å²) in [7, 11) is 3.09. The summed E-state index contributed by atoms with van der Waals surface area (Å²) in [6.07, 6.45) is 2.16. The van der Waals surface area contributed by atoms with Crippen LogP contribution in [0.3, 0.4) is 0 Å². The summed E-state index contributed by atoms with van der Waals surface area (Å²) in [4.78, 5) is 44.8. The summed E-state index contributed by atoms with van der Waals surface area (Å²) in [5.74, 6) is -2.95. The van der Waals surface area contributed by atoms with Gasteiger partial charge < -0.3 is 40.6 Å². The van der Waals surface area contributed by atoms with Gasteiger partial charge in [-0.05, 0) is 31.2 Å². The summed E-state index contributed by atoms with van der Waals surface area (Å²) < 4.78 is 39.0. The second-order valence-corrected chi connectivity index (χ2v) is 13.7. The zero-order chi connectivity index (χ0) is 36.8. The molecule has 2 aromatic heterocycles. The fourth-order valence-corrected chi connectivity index (χ4v) is 7.37. The van der Waals surface area contributed by atoms with E-state index in [0.717, 1.165) is 0 Å². The zero-order valence-electron chi connectivity index (χ0n) is 28.6. The summed E-state index contributed by atoms with van der Waals surface area (Å²) in [5.41, 5.74) is 1.80. The highest BCUT2D eigenvalue weighted by Crippen LogP contribution is 2.45. The predicted molar refractivity (Wildman–Crippen MR) is 187 cm³/mol. The number of carbonyl (C=O) groups excluding carboxylic acids is 3. The van der Waals surface area contributed by atoms with Crippen LogP contribution in [0.2, 0.25) is 5.02 Å². The Morgan fingerprint density at radius 3 is 2.44 bits per heavy atom. The molecule has 4 amide bonds. The summed E-state index contributed by atoms with van der Waals surface area (Å²) in [5, 5.41) is 25.9. The molecule has 0 radical (unpaired) electrons. The number of halogens is 3. The second kappa shape index (κ2) is 14.3. The number of urea groups is 1. The largest absolute Gasteiger partial charge is 0.390 e. The smallest absolute Gasteiger partial charge is 0.317 e. The van der Waals surface area contributed by atoms with Crippen molar-refractivity contribution in [3.63, 3.8) is 0 Å². The number of fused-ring (bicyclic) bond motifs is 1. The van der Waals surface area contributed by atoms with Crippen molar-refractivity contribution in [2.45, 2.75) is 31.7 Å². The molecule has 5 N–H and O–H groups in total. The molecule has 3 fully saturated rings. The number of benzene rings is 2. The van der Waals surface area contributed by atoms with Gasteiger partial charge in [0.05, 0.1) is 54.0 Å². The van der Waals surface area contributed by atoms with Crippen molar-refractivity contribution in [2.75, 3.05) is 45.2 Å². The first-order valence-electron chi connectivity index (χ1n) is 16.8. The molecular weight excluding hydrogens is 700 g/mol.